The zero-order valence-corrected chi connectivity index (χ0v) is 14.0. The number of hydrogen-bond acceptors (Lipinski definition) is 5. The van der Waals surface area contributed by atoms with Crippen LogP contribution in [0.5, 0.6) is 0 Å². The third kappa shape index (κ3) is 5.09. The van der Waals surface area contributed by atoms with Crippen molar-refractivity contribution in [2.75, 3.05) is 5.32 Å². The quantitative estimate of drug-likeness (QED) is 0.762. The van der Waals surface area contributed by atoms with Crippen molar-refractivity contribution in [1.82, 2.24) is 10.2 Å². The lowest BCUT2D eigenvalue weighted by atomic mass is 9.92. The number of nitrogens with one attached hydrogen (secondary N) is 1. The van der Waals surface area contributed by atoms with Gasteiger partial charge in [0.25, 0.3) is 0 Å². The number of benzene rings is 1. The largest absolute Gasteiger partial charge is 0.481 e. The maximum atomic E-state index is 13.9. The maximum Gasteiger partial charge on any atom is 0.303 e. The lowest BCUT2D eigenvalue weighted by Crippen LogP contribution is -2.18. The molecule has 0 spiro atoms. The second-order valence-corrected chi connectivity index (χ2v) is 6.38. The summed E-state index contributed by atoms with van der Waals surface area (Å²) in [5.41, 5.74) is 0.221. The molecule has 1 heterocycles. The summed E-state index contributed by atoms with van der Waals surface area (Å²) >= 11 is 1.28. The topological polar surface area (TPSA) is 92.2 Å². The van der Waals surface area contributed by atoms with E-state index in [0.717, 1.165) is 17.8 Å². The lowest BCUT2D eigenvalue weighted by Gasteiger charge is -2.15. The van der Waals surface area contributed by atoms with Gasteiger partial charge >= 0.3 is 5.97 Å². The van der Waals surface area contributed by atoms with Crippen LogP contribution in [0.2, 0.25) is 0 Å². The first-order chi connectivity index (χ1) is 11.5. The van der Waals surface area contributed by atoms with Crippen LogP contribution in [-0.2, 0) is 16.0 Å². The Bertz CT molecular complexity index is 720. The fourth-order valence-corrected chi connectivity index (χ4v) is 3.18. The molecule has 1 amide bonds. The molecule has 1 unspecified atom stereocenters. The number of amides is 1. The molecule has 0 radical (unpaired) electrons. The van der Waals surface area contributed by atoms with Gasteiger partial charge in [0, 0.05) is 18.8 Å². The number of aliphatic carboxylic acids is 1. The van der Waals surface area contributed by atoms with Gasteiger partial charge in [0.2, 0.25) is 11.0 Å². The monoisotopic (exact) mass is 351 g/mol. The van der Waals surface area contributed by atoms with Crippen molar-refractivity contribution in [3.8, 4) is 0 Å². The summed E-state index contributed by atoms with van der Waals surface area (Å²) in [6.45, 7) is 2.02. The summed E-state index contributed by atoms with van der Waals surface area (Å²) in [7, 11) is 0. The number of rotatable bonds is 8. The van der Waals surface area contributed by atoms with E-state index in [0.29, 0.717) is 5.13 Å². The van der Waals surface area contributed by atoms with Crippen LogP contribution in [0.4, 0.5) is 9.52 Å². The van der Waals surface area contributed by atoms with Crippen LogP contribution >= 0.6 is 11.3 Å². The lowest BCUT2D eigenvalue weighted by molar-refractivity contribution is -0.137. The Labute approximate surface area is 142 Å². The first-order valence-corrected chi connectivity index (χ1v) is 8.39. The molecule has 1 atom stereocenters. The molecule has 0 saturated heterocycles. The van der Waals surface area contributed by atoms with Crippen LogP contribution in [0, 0.1) is 5.82 Å². The Kier molecular flexibility index (Phi) is 6.36. The molecule has 2 aromatic rings. The number of aryl methyl sites for hydroxylation is 1. The van der Waals surface area contributed by atoms with Gasteiger partial charge in [-0.2, -0.15) is 0 Å². The van der Waals surface area contributed by atoms with E-state index in [2.05, 4.69) is 15.5 Å². The van der Waals surface area contributed by atoms with E-state index in [1.807, 2.05) is 6.92 Å². The summed E-state index contributed by atoms with van der Waals surface area (Å²) in [5, 5.41) is 20.7. The van der Waals surface area contributed by atoms with E-state index in [1.54, 1.807) is 6.07 Å². The molecular formula is C16H18FN3O3S. The average Bonchev–Trinajstić information content (AvgIpc) is 2.94. The summed E-state index contributed by atoms with van der Waals surface area (Å²) < 4.78 is 13.9. The number of carboxylic acid groups (broad SMARTS) is 1. The zero-order chi connectivity index (χ0) is 17.5. The average molecular weight is 351 g/mol. The van der Waals surface area contributed by atoms with Crippen molar-refractivity contribution in [2.45, 2.75) is 38.5 Å². The molecule has 8 heteroatoms. The summed E-state index contributed by atoms with van der Waals surface area (Å²) in [4.78, 5) is 23.2. The van der Waals surface area contributed by atoms with Crippen molar-refractivity contribution in [1.29, 1.82) is 0 Å². The van der Waals surface area contributed by atoms with E-state index >= 15 is 0 Å². The first-order valence-electron chi connectivity index (χ1n) is 7.58. The zero-order valence-electron chi connectivity index (χ0n) is 13.2. The molecule has 2 rings (SSSR count). The fraction of sp³-hybridized carbons (Fsp3) is 0.375. The molecule has 0 aliphatic heterocycles. The van der Waals surface area contributed by atoms with Crippen molar-refractivity contribution >= 4 is 28.3 Å². The van der Waals surface area contributed by atoms with Crippen LogP contribution in [0.15, 0.2) is 24.3 Å². The van der Waals surface area contributed by atoms with Crippen molar-refractivity contribution in [3.05, 3.63) is 40.7 Å². The van der Waals surface area contributed by atoms with Crippen LogP contribution < -0.4 is 5.32 Å². The first kappa shape index (κ1) is 18.0. The van der Waals surface area contributed by atoms with E-state index in [4.69, 9.17) is 5.11 Å². The Morgan fingerprint density at radius 1 is 1.29 bits per heavy atom. The van der Waals surface area contributed by atoms with Gasteiger partial charge in [-0.3, -0.25) is 9.59 Å². The number of nitrogens with zero attached hydrogens (tertiary/aromatic N) is 2. The Morgan fingerprint density at radius 3 is 2.71 bits per heavy atom. The summed E-state index contributed by atoms with van der Waals surface area (Å²) in [5.74, 6) is -2.76. The Hall–Kier alpha value is -2.35. The minimum absolute atomic E-state index is 0.143. The highest BCUT2D eigenvalue weighted by atomic mass is 32.1. The molecule has 0 saturated carbocycles. The minimum atomic E-state index is -1.09. The van der Waals surface area contributed by atoms with Gasteiger partial charge in [-0.05, 0) is 18.1 Å². The molecule has 0 fully saturated rings. The van der Waals surface area contributed by atoms with Gasteiger partial charge in [-0.15, -0.1) is 10.2 Å². The van der Waals surface area contributed by atoms with Crippen LogP contribution in [-0.4, -0.2) is 27.2 Å². The Morgan fingerprint density at radius 2 is 2.04 bits per heavy atom. The molecule has 6 nitrogen and oxygen atoms in total. The molecule has 0 aliphatic rings. The smallest absolute Gasteiger partial charge is 0.303 e. The van der Waals surface area contributed by atoms with E-state index in [9.17, 15) is 14.0 Å². The van der Waals surface area contributed by atoms with Crippen LogP contribution in [0.25, 0.3) is 0 Å². The Balaban J connectivity index is 2.06. The van der Waals surface area contributed by atoms with Gasteiger partial charge in [0.1, 0.15) is 10.8 Å². The van der Waals surface area contributed by atoms with Crippen molar-refractivity contribution in [2.24, 2.45) is 0 Å². The maximum absolute atomic E-state index is 13.9. The highest BCUT2D eigenvalue weighted by Crippen LogP contribution is 2.27. The van der Waals surface area contributed by atoms with Gasteiger partial charge in [0.05, 0.1) is 6.42 Å². The summed E-state index contributed by atoms with van der Waals surface area (Å²) in [6.07, 6.45) is 1.24. The van der Waals surface area contributed by atoms with Gasteiger partial charge in [0.15, 0.2) is 0 Å². The highest BCUT2D eigenvalue weighted by Gasteiger charge is 2.22. The molecule has 0 aliphatic carbocycles. The van der Waals surface area contributed by atoms with Crippen LogP contribution in [0.1, 0.15) is 42.7 Å². The van der Waals surface area contributed by atoms with E-state index < -0.39 is 23.6 Å². The molecule has 24 heavy (non-hydrogen) atoms. The number of carboxylic acids is 1. The molecule has 0 bridgehead atoms. The fourth-order valence-electron chi connectivity index (χ4n) is 2.32. The van der Waals surface area contributed by atoms with Gasteiger partial charge in [-0.1, -0.05) is 36.5 Å². The third-order valence-electron chi connectivity index (χ3n) is 3.37. The van der Waals surface area contributed by atoms with E-state index in [1.165, 1.54) is 29.5 Å². The molecule has 1 aromatic heterocycles. The number of aromatic nitrogens is 2. The molecule has 2 N–H and O–H groups in total. The SMILES string of the molecule is CCCc1nnc(NC(=O)CC(CC(=O)O)c2ccccc2F)s1. The van der Waals surface area contributed by atoms with Crippen molar-refractivity contribution < 1.29 is 19.1 Å². The normalized spacial score (nSPS) is 11.9. The van der Waals surface area contributed by atoms with Crippen LogP contribution in [0.3, 0.4) is 0 Å². The van der Waals surface area contributed by atoms with Gasteiger partial charge < -0.3 is 10.4 Å². The molecule has 1 aromatic carbocycles. The van der Waals surface area contributed by atoms with E-state index in [-0.39, 0.29) is 18.4 Å². The number of hydrogen-bond donors (Lipinski definition) is 2. The standard InChI is InChI=1S/C16H18FN3O3S/c1-2-5-14-19-20-16(24-14)18-13(21)8-10(9-15(22)23)11-6-3-4-7-12(11)17/h3-4,6-7,10H,2,5,8-9H2,1H3,(H,22,23)(H,18,20,21). The molecular weight excluding hydrogens is 333 g/mol. The number of carbonyl (C=O) groups is 2. The second-order valence-electron chi connectivity index (χ2n) is 5.32. The number of anilines is 1. The predicted molar refractivity (Wildman–Crippen MR) is 88.5 cm³/mol. The highest BCUT2D eigenvalue weighted by molar-refractivity contribution is 7.15. The third-order valence-corrected chi connectivity index (χ3v) is 4.27. The van der Waals surface area contributed by atoms with Crippen molar-refractivity contribution in [3.63, 3.8) is 0 Å². The molecule has 128 valence electrons. The van der Waals surface area contributed by atoms with Gasteiger partial charge in [-0.25, -0.2) is 4.39 Å². The number of carbonyl (C=O) groups excluding carboxylic acids is 1. The number of halogens is 1. The summed E-state index contributed by atoms with van der Waals surface area (Å²) in [6, 6.07) is 5.89. The second kappa shape index (κ2) is 8.49. The minimum Gasteiger partial charge on any atom is -0.481 e. The predicted octanol–water partition coefficient (Wildman–Crippen LogP) is 3.22.